The number of non-ortho nitro benzene ring substituents is 1. The molecule has 2 rings (SSSR count). The van der Waals surface area contributed by atoms with E-state index in [1.54, 1.807) is 18.2 Å². The molecular formula is C15H23N3O2. The van der Waals surface area contributed by atoms with Crippen LogP contribution in [0.3, 0.4) is 0 Å². The van der Waals surface area contributed by atoms with Crippen molar-refractivity contribution in [1.29, 1.82) is 0 Å². The van der Waals surface area contributed by atoms with E-state index in [0.717, 1.165) is 24.3 Å². The highest BCUT2D eigenvalue weighted by Crippen LogP contribution is 2.28. The summed E-state index contributed by atoms with van der Waals surface area (Å²) in [5.74, 6) is 0. The Morgan fingerprint density at radius 1 is 1.40 bits per heavy atom. The fourth-order valence-electron chi connectivity index (χ4n) is 3.06. The van der Waals surface area contributed by atoms with E-state index in [1.165, 1.54) is 25.7 Å². The molecule has 1 fully saturated rings. The summed E-state index contributed by atoms with van der Waals surface area (Å²) < 4.78 is 0. The average molecular weight is 277 g/mol. The lowest BCUT2D eigenvalue weighted by molar-refractivity contribution is -0.384. The van der Waals surface area contributed by atoms with Gasteiger partial charge in [-0.3, -0.25) is 15.0 Å². The van der Waals surface area contributed by atoms with Gasteiger partial charge in [0.25, 0.3) is 5.69 Å². The molecule has 0 aliphatic heterocycles. The first-order valence-corrected chi connectivity index (χ1v) is 7.34. The molecule has 1 aliphatic rings. The van der Waals surface area contributed by atoms with Gasteiger partial charge in [0.2, 0.25) is 0 Å². The summed E-state index contributed by atoms with van der Waals surface area (Å²) in [4.78, 5) is 13.0. The number of rotatable bonds is 6. The molecule has 1 aliphatic carbocycles. The van der Waals surface area contributed by atoms with Crippen molar-refractivity contribution in [3.63, 3.8) is 0 Å². The topological polar surface area (TPSA) is 58.4 Å². The minimum atomic E-state index is -0.325. The van der Waals surface area contributed by atoms with Crippen molar-refractivity contribution in [3.8, 4) is 0 Å². The van der Waals surface area contributed by atoms with Gasteiger partial charge in [-0.15, -0.1) is 0 Å². The number of nitro benzene ring substituents is 1. The first kappa shape index (κ1) is 14.8. The zero-order valence-electron chi connectivity index (χ0n) is 12.3. The first-order chi connectivity index (χ1) is 9.65. The van der Waals surface area contributed by atoms with Crippen molar-refractivity contribution in [2.24, 2.45) is 0 Å². The van der Waals surface area contributed by atoms with Crippen LogP contribution in [-0.2, 0) is 6.54 Å². The third-order valence-electron chi connectivity index (χ3n) is 4.19. The van der Waals surface area contributed by atoms with Crippen molar-refractivity contribution in [3.05, 3.63) is 33.9 Å². The Bertz CT molecular complexity index is 470. The van der Waals surface area contributed by atoms with Gasteiger partial charge in [0.1, 0.15) is 0 Å². The van der Waals surface area contributed by atoms with Crippen LogP contribution in [0.25, 0.3) is 0 Å². The smallest absolute Gasteiger partial charge is 0.269 e. The predicted octanol–water partition coefficient (Wildman–Crippen LogP) is 3.40. The van der Waals surface area contributed by atoms with Gasteiger partial charge in [0.15, 0.2) is 0 Å². The summed E-state index contributed by atoms with van der Waals surface area (Å²) in [6, 6.07) is 5.68. The molecule has 0 radical (unpaired) electrons. The summed E-state index contributed by atoms with van der Waals surface area (Å²) in [7, 11) is 1.86. The van der Waals surface area contributed by atoms with E-state index in [-0.39, 0.29) is 10.6 Å². The zero-order valence-corrected chi connectivity index (χ0v) is 12.3. The summed E-state index contributed by atoms with van der Waals surface area (Å²) in [6.07, 6.45) is 5.10. The summed E-state index contributed by atoms with van der Waals surface area (Å²) in [6.45, 7) is 3.92. The molecule has 0 heterocycles. The molecule has 1 saturated carbocycles. The van der Waals surface area contributed by atoms with Crippen LogP contribution >= 0.6 is 0 Å². The second-order valence-electron chi connectivity index (χ2n) is 5.35. The van der Waals surface area contributed by atoms with Crippen molar-refractivity contribution >= 4 is 11.4 Å². The molecule has 0 bridgehead atoms. The second-order valence-corrected chi connectivity index (χ2v) is 5.35. The van der Waals surface area contributed by atoms with E-state index in [9.17, 15) is 10.1 Å². The monoisotopic (exact) mass is 277 g/mol. The highest BCUT2D eigenvalue weighted by atomic mass is 16.6. The standard InChI is InChI=1S/C15H23N3O2/c1-3-17(13-6-4-5-7-13)11-12-10-14(18(19)20)8-9-15(12)16-2/h8-10,13,16H,3-7,11H2,1-2H3. The Labute approximate surface area is 120 Å². The highest BCUT2D eigenvalue weighted by Gasteiger charge is 2.22. The van der Waals surface area contributed by atoms with Gasteiger partial charge in [0.05, 0.1) is 4.92 Å². The molecule has 1 aromatic carbocycles. The van der Waals surface area contributed by atoms with Crippen LogP contribution in [0.5, 0.6) is 0 Å². The lowest BCUT2D eigenvalue weighted by Gasteiger charge is -2.28. The molecule has 20 heavy (non-hydrogen) atoms. The van der Waals surface area contributed by atoms with Gasteiger partial charge >= 0.3 is 0 Å². The third kappa shape index (κ3) is 3.28. The molecule has 1 N–H and O–H groups in total. The molecule has 0 spiro atoms. The van der Waals surface area contributed by atoms with Crippen LogP contribution < -0.4 is 5.32 Å². The second kappa shape index (κ2) is 6.70. The highest BCUT2D eigenvalue weighted by molar-refractivity contribution is 5.55. The van der Waals surface area contributed by atoms with Gasteiger partial charge < -0.3 is 5.32 Å². The molecule has 0 unspecified atom stereocenters. The van der Waals surface area contributed by atoms with E-state index >= 15 is 0 Å². The maximum Gasteiger partial charge on any atom is 0.269 e. The van der Waals surface area contributed by atoms with Crippen LogP contribution in [0.4, 0.5) is 11.4 Å². The van der Waals surface area contributed by atoms with Gasteiger partial charge in [-0.25, -0.2) is 0 Å². The van der Waals surface area contributed by atoms with E-state index in [1.807, 2.05) is 7.05 Å². The third-order valence-corrected chi connectivity index (χ3v) is 4.19. The largest absolute Gasteiger partial charge is 0.388 e. The van der Waals surface area contributed by atoms with E-state index in [2.05, 4.69) is 17.1 Å². The fourth-order valence-corrected chi connectivity index (χ4v) is 3.06. The van der Waals surface area contributed by atoms with Crippen LogP contribution in [0.2, 0.25) is 0 Å². The molecule has 0 amide bonds. The normalized spacial score (nSPS) is 15.8. The van der Waals surface area contributed by atoms with Crippen LogP contribution in [0, 0.1) is 10.1 Å². The van der Waals surface area contributed by atoms with Crippen molar-refractivity contribution < 1.29 is 4.92 Å². The molecule has 0 saturated heterocycles. The number of nitro groups is 1. The van der Waals surface area contributed by atoms with Gasteiger partial charge in [-0.2, -0.15) is 0 Å². The van der Waals surface area contributed by atoms with Crippen LogP contribution in [0.15, 0.2) is 18.2 Å². The number of anilines is 1. The van der Waals surface area contributed by atoms with Gasteiger partial charge in [0, 0.05) is 37.5 Å². The molecule has 0 aromatic heterocycles. The Kier molecular flexibility index (Phi) is 4.95. The number of hydrogen-bond donors (Lipinski definition) is 1. The fraction of sp³-hybridized carbons (Fsp3) is 0.600. The molecule has 0 atom stereocenters. The predicted molar refractivity (Wildman–Crippen MR) is 81.0 cm³/mol. The Balaban J connectivity index is 2.20. The maximum atomic E-state index is 10.9. The minimum absolute atomic E-state index is 0.168. The lowest BCUT2D eigenvalue weighted by Crippen LogP contribution is -2.32. The quantitative estimate of drug-likeness (QED) is 0.639. The maximum absolute atomic E-state index is 10.9. The SMILES string of the molecule is CCN(Cc1cc([N+](=O)[O-])ccc1NC)C1CCCC1. The molecule has 110 valence electrons. The Hall–Kier alpha value is -1.62. The Morgan fingerprint density at radius 3 is 2.65 bits per heavy atom. The number of hydrogen-bond acceptors (Lipinski definition) is 4. The lowest BCUT2D eigenvalue weighted by atomic mass is 10.1. The Morgan fingerprint density at radius 2 is 2.10 bits per heavy atom. The number of benzene rings is 1. The van der Waals surface area contributed by atoms with E-state index < -0.39 is 0 Å². The summed E-state index contributed by atoms with van der Waals surface area (Å²) >= 11 is 0. The summed E-state index contributed by atoms with van der Waals surface area (Å²) in [5.41, 5.74) is 2.16. The van der Waals surface area contributed by atoms with Crippen LogP contribution in [-0.4, -0.2) is 29.5 Å². The van der Waals surface area contributed by atoms with Crippen molar-refractivity contribution in [2.75, 3.05) is 18.9 Å². The molecular weight excluding hydrogens is 254 g/mol. The average Bonchev–Trinajstić information content (AvgIpc) is 2.98. The van der Waals surface area contributed by atoms with Crippen LogP contribution in [0.1, 0.15) is 38.2 Å². The number of nitrogens with one attached hydrogen (secondary N) is 1. The van der Waals surface area contributed by atoms with Gasteiger partial charge in [-0.05, 0) is 31.0 Å². The summed E-state index contributed by atoms with van der Waals surface area (Å²) in [5, 5.41) is 14.1. The number of nitrogens with zero attached hydrogens (tertiary/aromatic N) is 2. The molecule has 5 nitrogen and oxygen atoms in total. The first-order valence-electron chi connectivity index (χ1n) is 7.34. The molecule has 5 heteroatoms. The van der Waals surface area contributed by atoms with Crippen molar-refractivity contribution in [1.82, 2.24) is 4.90 Å². The van der Waals surface area contributed by atoms with E-state index in [4.69, 9.17) is 0 Å². The van der Waals surface area contributed by atoms with E-state index in [0.29, 0.717) is 6.04 Å². The minimum Gasteiger partial charge on any atom is -0.388 e. The van der Waals surface area contributed by atoms with Gasteiger partial charge in [-0.1, -0.05) is 19.8 Å². The van der Waals surface area contributed by atoms with Crippen molar-refractivity contribution in [2.45, 2.75) is 45.2 Å². The zero-order chi connectivity index (χ0) is 14.5. The molecule has 1 aromatic rings.